The van der Waals surface area contributed by atoms with E-state index in [2.05, 4.69) is 32.9 Å². The third-order valence-electron chi connectivity index (χ3n) is 5.01. The van der Waals surface area contributed by atoms with Crippen molar-refractivity contribution in [1.82, 2.24) is 14.9 Å². The molecule has 134 valence electrons. The maximum absolute atomic E-state index is 10.4. The normalized spacial score (nSPS) is 17.1. The standard InChI is InChI=1S/C20H28N4O/c1-15-13-20(22-16(2)21-15)24-11-9-18(10-12-24)23(3)14-19(25)17-7-5-4-6-8-17/h4-8,13,18-19,25H,9-12,14H2,1-3H3/t19-/m1/s1. The molecule has 1 atom stereocenters. The first kappa shape index (κ1) is 17.8. The van der Waals surface area contributed by atoms with Crippen LogP contribution >= 0.6 is 0 Å². The first-order chi connectivity index (χ1) is 12.0. The van der Waals surface area contributed by atoms with Crippen LogP contribution in [-0.2, 0) is 0 Å². The number of benzene rings is 1. The number of piperidine rings is 1. The summed E-state index contributed by atoms with van der Waals surface area (Å²) in [6.07, 6.45) is 1.73. The molecule has 1 fully saturated rings. The van der Waals surface area contributed by atoms with Crippen LogP contribution in [0.4, 0.5) is 5.82 Å². The van der Waals surface area contributed by atoms with E-state index in [1.165, 1.54) is 0 Å². The molecule has 3 rings (SSSR count). The molecule has 5 nitrogen and oxygen atoms in total. The Hall–Kier alpha value is -1.98. The number of rotatable bonds is 5. The monoisotopic (exact) mass is 340 g/mol. The van der Waals surface area contributed by atoms with Crippen molar-refractivity contribution in [3.05, 3.63) is 53.5 Å². The fourth-order valence-corrected chi connectivity index (χ4v) is 3.60. The quantitative estimate of drug-likeness (QED) is 0.907. The highest BCUT2D eigenvalue weighted by Crippen LogP contribution is 2.23. The van der Waals surface area contributed by atoms with Crippen LogP contribution < -0.4 is 4.90 Å². The molecule has 0 spiro atoms. The Balaban J connectivity index is 1.54. The summed E-state index contributed by atoms with van der Waals surface area (Å²) in [4.78, 5) is 13.6. The summed E-state index contributed by atoms with van der Waals surface area (Å²) in [6, 6.07) is 12.5. The number of anilines is 1. The van der Waals surface area contributed by atoms with E-state index in [0.29, 0.717) is 12.6 Å². The van der Waals surface area contributed by atoms with E-state index in [4.69, 9.17) is 0 Å². The van der Waals surface area contributed by atoms with Crippen molar-refractivity contribution in [2.75, 3.05) is 31.6 Å². The van der Waals surface area contributed by atoms with Crippen molar-refractivity contribution in [1.29, 1.82) is 0 Å². The molecule has 0 amide bonds. The van der Waals surface area contributed by atoms with E-state index in [0.717, 1.165) is 48.8 Å². The molecular weight excluding hydrogens is 312 g/mol. The Morgan fingerprint density at radius 1 is 1.16 bits per heavy atom. The van der Waals surface area contributed by atoms with Crippen molar-refractivity contribution < 1.29 is 5.11 Å². The summed E-state index contributed by atoms with van der Waals surface area (Å²) in [6.45, 7) is 6.62. The van der Waals surface area contributed by atoms with Gasteiger partial charge in [-0.15, -0.1) is 0 Å². The van der Waals surface area contributed by atoms with Gasteiger partial charge in [0.25, 0.3) is 0 Å². The fourth-order valence-electron chi connectivity index (χ4n) is 3.60. The van der Waals surface area contributed by atoms with Crippen molar-refractivity contribution >= 4 is 5.82 Å². The number of likely N-dealkylation sites (N-methyl/N-ethyl adjacent to an activating group) is 1. The molecule has 0 saturated carbocycles. The largest absolute Gasteiger partial charge is 0.387 e. The highest BCUT2D eigenvalue weighted by molar-refractivity contribution is 5.40. The topological polar surface area (TPSA) is 52.5 Å². The zero-order valence-corrected chi connectivity index (χ0v) is 15.4. The lowest BCUT2D eigenvalue weighted by Crippen LogP contribution is -2.44. The molecule has 1 aliphatic rings. The number of aryl methyl sites for hydroxylation is 2. The second-order valence-electron chi connectivity index (χ2n) is 7.00. The fraction of sp³-hybridized carbons (Fsp3) is 0.500. The number of aromatic nitrogens is 2. The van der Waals surface area contributed by atoms with E-state index in [-0.39, 0.29) is 0 Å². The molecule has 0 radical (unpaired) electrons. The van der Waals surface area contributed by atoms with Gasteiger partial charge in [0, 0.05) is 37.4 Å². The SMILES string of the molecule is Cc1cc(N2CCC(N(C)C[C@@H](O)c3ccccc3)CC2)nc(C)n1. The Labute approximate surface area is 150 Å². The number of hydrogen-bond acceptors (Lipinski definition) is 5. The van der Waals surface area contributed by atoms with Crippen LogP contribution in [0.3, 0.4) is 0 Å². The molecule has 1 N–H and O–H groups in total. The molecule has 0 bridgehead atoms. The van der Waals surface area contributed by atoms with E-state index in [1.807, 2.05) is 44.2 Å². The zero-order valence-electron chi connectivity index (χ0n) is 15.4. The van der Waals surface area contributed by atoms with Gasteiger partial charge in [-0.1, -0.05) is 30.3 Å². The van der Waals surface area contributed by atoms with Crippen molar-refractivity contribution in [3.8, 4) is 0 Å². The van der Waals surface area contributed by atoms with Gasteiger partial charge >= 0.3 is 0 Å². The highest BCUT2D eigenvalue weighted by atomic mass is 16.3. The molecule has 1 aliphatic heterocycles. The first-order valence-electron chi connectivity index (χ1n) is 9.03. The Kier molecular flexibility index (Phi) is 5.66. The summed E-state index contributed by atoms with van der Waals surface area (Å²) >= 11 is 0. The van der Waals surface area contributed by atoms with Crippen LogP contribution in [0.2, 0.25) is 0 Å². The Morgan fingerprint density at radius 2 is 1.84 bits per heavy atom. The molecule has 2 heterocycles. The zero-order chi connectivity index (χ0) is 17.8. The minimum absolute atomic E-state index is 0.434. The maximum atomic E-state index is 10.4. The van der Waals surface area contributed by atoms with Crippen molar-refractivity contribution in [2.24, 2.45) is 0 Å². The lowest BCUT2D eigenvalue weighted by molar-refractivity contribution is 0.0959. The molecule has 5 heteroatoms. The summed E-state index contributed by atoms with van der Waals surface area (Å²) < 4.78 is 0. The third-order valence-corrected chi connectivity index (χ3v) is 5.01. The summed E-state index contributed by atoms with van der Waals surface area (Å²) in [7, 11) is 2.12. The maximum Gasteiger partial charge on any atom is 0.132 e. The summed E-state index contributed by atoms with van der Waals surface area (Å²) in [5.41, 5.74) is 2.01. The molecule has 2 aromatic rings. The number of aliphatic hydroxyl groups is 1. The average molecular weight is 340 g/mol. The summed E-state index contributed by atoms with van der Waals surface area (Å²) in [5, 5.41) is 10.4. The predicted molar refractivity (Wildman–Crippen MR) is 101 cm³/mol. The molecule has 0 aliphatic carbocycles. The summed E-state index contributed by atoms with van der Waals surface area (Å²) in [5.74, 6) is 1.87. The van der Waals surface area contributed by atoms with Gasteiger partial charge < -0.3 is 14.9 Å². The third kappa shape index (κ3) is 4.55. The molecule has 0 unspecified atom stereocenters. The van der Waals surface area contributed by atoms with E-state index >= 15 is 0 Å². The van der Waals surface area contributed by atoms with Crippen LogP contribution in [0, 0.1) is 13.8 Å². The Bertz CT molecular complexity index is 663. The van der Waals surface area contributed by atoms with Gasteiger partial charge in [0.05, 0.1) is 6.10 Å². The average Bonchev–Trinajstić information content (AvgIpc) is 2.61. The van der Waals surface area contributed by atoms with E-state index < -0.39 is 6.10 Å². The number of hydrogen-bond donors (Lipinski definition) is 1. The van der Waals surface area contributed by atoms with Crippen LogP contribution in [0.25, 0.3) is 0 Å². The molecule has 25 heavy (non-hydrogen) atoms. The van der Waals surface area contributed by atoms with Crippen LogP contribution in [-0.4, -0.2) is 52.7 Å². The van der Waals surface area contributed by atoms with E-state index in [9.17, 15) is 5.11 Å². The van der Waals surface area contributed by atoms with E-state index in [1.54, 1.807) is 0 Å². The van der Waals surface area contributed by atoms with Gasteiger partial charge in [-0.25, -0.2) is 9.97 Å². The van der Waals surface area contributed by atoms with Gasteiger partial charge in [-0.05, 0) is 39.3 Å². The lowest BCUT2D eigenvalue weighted by atomic mass is 10.0. The molecule has 1 aromatic carbocycles. The number of nitrogens with zero attached hydrogens (tertiary/aromatic N) is 4. The predicted octanol–water partition coefficient (Wildman–Crippen LogP) is 2.73. The smallest absolute Gasteiger partial charge is 0.132 e. The minimum Gasteiger partial charge on any atom is -0.387 e. The van der Waals surface area contributed by atoms with Gasteiger partial charge in [0.2, 0.25) is 0 Å². The van der Waals surface area contributed by atoms with Crippen LogP contribution in [0.5, 0.6) is 0 Å². The highest BCUT2D eigenvalue weighted by Gasteiger charge is 2.25. The molecular formula is C20H28N4O. The van der Waals surface area contributed by atoms with Gasteiger partial charge in [-0.3, -0.25) is 0 Å². The molecule has 1 saturated heterocycles. The lowest BCUT2D eigenvalue weighted by Gasteiger charge is -2.38. The van der Waals surface area contributed by atoms with Gasteiger partial charge in [-0.2, -0.15) is 0 Å². The van der Waals surface area contributed by atoms with Crippen molar-refractivity contribution in [2.45, 2.75) is 38.8 Å². The Morgan fingerprint density at radius 3 is 2.48 bits per heavy atom. The molecule has 1 aromatic heterocycles. The first-order valence-corrected chi connectivity index (χ1v) is 9.03. The minimum atomic E-state index is -0.434. The van der Waals surface area contributed by atoms with Crippen molar-refractivity contribution in [3.63, 3.8) is 0 Å². The van der Waals surface area contributed by atoms with Crippen LogP contribution in [0.15, 0.2) is 36.4 Å². The van der Waals surface area contributed by atoms with Gasteiger partial charge in [0.1, 0.15) is 11.6 Å². The second kappa shape index (κ2) is 7.93. The second-order valence-corrected chi connectivity index (χ2v) is 7.00. The van der Waals surface area contributed by atoms with Crippen LogP contribution in [0.1, 0.15) is 36.0 Å². The number of aliphatic hydroxyl groups excluding tert-OH is 1. The van der Waals surface area contributed by atoms with Gasteiger partial charge in [0.15, 0.2) is 0 Å².